The van der Waals surface area contributed by atoms with Gasteiger partial charge in [-0.3, -0.25) is 0 Å². The number of carbonyl (C=O) groups excluding carboxylic acids is 1. The molecule has 0 spiro atoms. The van der Waals surface area contributed by atoms with Crippen molar-refractivity contribution in [3.63, 3.8) is 0 Å². The second-order valence-corrected chi connectivity index (χ2v) is 8.24. The molecule has 2 saturated carbocycles. The maximum absolute atomic E-state index is 13.3. The Morgan fingerprint density at radius 3 is 2.57 bits per heavy atom. The Morgan fingerprint density at radius 2 is 1.82 bits per heavy atom. The molecule has 2 bridgehead atoms. The minimum absolute atomic E-state index is 0.0794. The molecule has 2 aliphatic carbocycles. The van der Waals surface area contributed by atoms with Crippen molar-refractivity contribution in [2.75, 3.05) is 5.32 Å². The third-order valence-corrected chi connectivity index (χ3v) is 6.91. The lowest BCUT2D eigenvalue weighted by atomic mass is 9.67. The summed E-state index contributed by atoms with van der Waals surface area (Å²) in [5.41, 5.74) is 1.46. The molecule has 0 saturated heterocycles. The molecule has 2 fully saturated rings. The van der Waals surface area contributed by atoms with E-state index in [0.717, 1.165) is 30.9 Å². The summed E-state index contributed by atoms with van der Waals surface area (Å²) in [7, 11) is 0. The third kappa shape index (κ3) is 2.54. The predicted molar refractivity (Wildman–Crippen MR) is 95.6 cm³/mol. The van der Waals surface area contributed by atoms with Gasteiger partial charge in [0, 0.05) is 11.3 Å². The van der Waals surface area contributed by atoms with E-state index in [0.29, 0.717) is 23.1 Å². The van der Waals surface area contributed by atoms with E-state index in [1.54, 1.807) is 12.1 Å². The van der Waals surface area contributed by atoms with E-state index < -0.39 is 17.7 Å². The second kappa shape index (κ2) is 6.00. The predicted octanol–water partition coefficient (Wildman–Crippen LogP) is 4.37. The van der Waals surface area contributed by atoms with Crippen molar-refractivity contribution >= 4 is 11.7 Å². The summed E-state index contributed by atoms with van der Waals surface area (Å²) in [4.78, 5) is 11.7. The molecule has 1 heterocycles. The van der Waals surface area contributed by atoms with Crippen LogP contribution in [0.4, 0.5) is 18.9 Å². The molecule has 2 aromatic carbocycles. The Balaban J connectivity index is 1.65. The first-order valence-corrected chi connectivity index (χ1v) is 9.62. The van der Waals surface area contributed by atoms with Crippen LogP contribution in [0.5, 0.6) is 0 Å². The largest absolute Gasteiger partial charge is 0.545 e. The molecule has 1 aliphatic heterocycles. The lowest BCUT2D eigenvalue weighted by molar-refractivity contribution is -0.254. The topological polar surface area (TPSA) is 52.2 Å². The average Bonchev–Trinajstić information content (AvgIpc) is 3.28. The van der Waals surface area contributed by atoms with Gasteiger partial charge in [-0.2, -0.15) is 13.2 Å². The summed E-state index contributed by atoms with van der Waals surface area (Å²) in [6.07, 6.45) is -1.18. The molecule has 3 nitrogen and oxygen atoms in total. The number of fused-ring (bicyclic) bond motifs is 7. The van der Waals surface area contributed by atoms with E-state index in [1.165, 1.54) is 18.2 Å². The van der Waals surface area contributed by atoms with E-state index >= 15 is 0 Å². The highest BCUT2D eigenvalue weighted by molar-refractivity contribution is 5.94. The standard InChI is InChI=1S/C22H20F3NO2/c23-22(24,25)14-4-1-3-13(10-14)19-18-12-8-7-11(9-12)17(18)15-5-2-6-16(21(27)28)20(15)26-19/h1-6,10-12,17-19,26H,7-9H2,(H,27,28)/p-1/t11-,12+,17+,18-,19+/m0/s1. The monoisotopic (exact) mass is 386 g/mol. The molecule has 0 aromatic heterocycles. The molecule has 2 aromatic rings. The van der Waals surface area contributed by atoms with Gasteiger partial charge in [0.05, 0.1) is 17.6 Å². The van der Waals surface area contributed by atoms with Crippen LogP contribution in [0, 0.1) is 17.8 Å². The van der Waals surface area contributed by atoms with Crippen LogP contribution in [-0.4, -0.2) is 5.97 Å². The summed E-state index contributed by atoms with van der Waals surface area (Å²) >= 11 is 0. The molecular formula is C22H19F3NO2-. The number of hydrogen-bond acceptors (Lipinski definition) is 3. The summed E-state index contributed by atoms with van der Waals surface area (Å²) in [6.45, 7) is 0. The number of para-hydroxylation sites is 1. The zero-order chi connectivity index (χ0) is 19.6. The lowest BCUT2D eigenvalue weighted by Gasteiger charge is -2.44. The van der Waals surface area contributed by atoms with Crippen molar-refractivity contribution in [1.82, 2.24) is 0 Å². The minimum Gasteiger partial charge on any atom is -0.545 e. The number of alkyl halides is 3. The maximum Gasteiger partial charge on any atom is 0.416 e. The van der Waals surface area contributed by atoms with Crippen LogP contribution in [0.1, 0.15) is 58.3 Å². The maximum atomic E-state index is 13.3. The highest BCUT2D eigenvalue weighted by Gasteiger charge is 2.54. The zero-order valence-electron chi connectivity index (χ0n) is 15.0. The Bertz CT molecular complexity index is 955. The molecule has 5 rings (SSSR count). The molecule has 3 aliphatic rings. The van der Waals surface area contributed by atoms with Crippen LogP contribution in [0.15, 0.2) is 42.5 Å². The highest BCUT2D eigenvalue weighted by atomic mass is 19.4. The molecule has 0 amide bonds. The fraction of sp³-hybridized carbons (Fsp3) is 0.409. The Labute approximate surface area is 160 Å². The first kappa shape index (κ1) is 17.6. The third-order valence-electron chi connectivity index (χ3n) is 6.91. The van der Waals surface area contributed by atoms with E-state index in [4.69, 9.17) is 0 Å². The number of carboxylic acid groups (broad SMARTS) is 1. The van der Waals surface area contributed by atoms with Gasteiger partial charge in [0.15, 0.2) is 0 Å². The van der Waals surface area contributed by atoms with Gasteiger partial charge in [-0.15, -0.1) is 0 Å². The fourth-order valence-electron chi connectivity index (χ4n) is 5.92. The SMILES string of the molecule is O=C([O-])c1cccc2c1N[C@H](c1cccc(C(F)(F)F)c1)[C@H]1[C@@H]3CC[C@@H](C3)[C@H]21. The molecule has 0 unspecified atom stereocenters. The van der Waals surface area contributed by atoms with Crippen LogP contribution in [0.25, 0.3) is 0 Å². The molecule has 0 radical (unpaired) electrons. The van der Waals surface area contributed by atoms with Gasteiger partial charge in [0.2, 0.25) is 0 Å². The normalized spacial score (nSPS) is 30.5. The van der Waals surface area contributed by atoms with Gasteiger partial charge >= 0.3 is 6.18 Å². The summed E-state index contributed by atoms with van der Waals surface area (Å²) < 4.78 is 39.8. The van der Waals surface area contributed by atoms with Gasteiger partial charge in [-0.05, 0) is 66.2 Å². The summed E-state index contributed by atoms with van der Waals surface area (Å²) in [5, 5.41) is 15.0. The van der Waals surface area contributed by atoms with Gasteiger partial charge in [0.25, 0.3) is 0 Å². The van der Waals surface area contributed by atoms with Crippen LogP contribution in [0.3, 0.4) is 0 Å². The van der Waals surface area contributed by atoms with E-state index in [9.17, 15) is 23.1 Å². The van der Waals surface area contributed by atoms with Crippen molar-refractivity contribution in [1.29, 1.82) is 0 Å². The van der Waals surface area contributed by atoms with Gasteiger partial charge in [-0.1, -0.05) is 30.3 Å². The second-order valence-electron chi connectivity index (χ2n) is 8.24. The number of nitrogens with one attached hydrogen (secondary N) is 1. The van der Waals surface area contributed by atoms with Crippen molar-refractivity contribution in [3.05, 3.63) is 64.7 Å². The summed E-state index contributed by atoms with van der Waals surface area (Å²) in [5.74, 6) is -0.0164. The quantitative estimate of drug-likeness (QED) is 0.834. The Morgan fingerprint density at radius 1 is 1.07 bits per heavy atom. The van der Waals surface area contributed by atoms with Gasteiger partial charge < -0.3 is 15.2 Å². The van der Waals surface area contributed by atoms with Crippen LogP contribution in [-0.2, 0) is 6.18 Å². The number of carboxylic acids is 1. The fourth-order valence-corrected chi connectivity index (χ4v) is 5.92. The van der Waals surface area contributed by atoms with Crippen LogP contribution >= 0.6 is 0 Å². The number of hydrogen-bond donors (Lipinski definition) is 1. The van der Waals surface area contributed by atoms with Crippen molar-refractivity contribution in [2.45, 2.75) is 37.4 Å². The zero-order valence-corrected chi connectivity index (χ0v) is 15.0. The van der Waals surface area contributed by atoms with Gasteiger partial charge in [-0.25, -0.2) is 0 Å². The molecule has 6 heteroatoms. The van der Waals surface area contributed by atoms with Crippen molar-refractivity contribution in [3.8, 4) is 0 Å². The van der Waals surface area contributed by atoms with Crippen LogP contribution in [0.2, 0.25) is 0 Å². The smallest absolute Gasteiger partial charge is 0.416 e. The Hall–Kier alpha value is -2.50. The number of benzene rings is 2. The first-order chi connectivity index (χ1) is 13.3. The van der Waals surface area contributed by atoms with Gasteiger partial charge in [0.1, 0.15) is 0 Å². The van der Waals surface area contributed by atoms with Crippen molar-refractivity contribution < 1.29 is 23.1 Å². The number of anilines is 1. The molecule has 146 valence electrons. The van der Waals surface area contributed by atoms with E-state index in [1.807, 2.05) is 6.07 Å². The molecule has 1 N–H and O–H groups in total. The highest BCUT2D eigenvalue weighted by Crippen LogP contribution is 2.64. The molecule has 28 heavy (non-hydrogen) atoms. The molecular weight excluding hydrogens is 367 g/mol. The van der Waals surface area contributed by atoms with Crippen molar-refractivity contribution in [2.24, 2.45) is 17.8 Å². The van der Waals surface area contributed by atoms with E-state index in [-0.39, 0.29) is 23.4 Å². The van der Waals surface area contributed by atoms with Crippen LogP contribution < -0.4 is 10.4 Å². The Kier molecular flexibility index (Phi) is 3.77. The number of halogens is 3. The summed E-state index contributed by atoms with van der Waals surface area (Å²) in [6, 6.07) is 10.3. The minimum atomic E-state index is -4.41. The number of rotatable bonds is 2. The first-order valence-electron chi connectivity index (χ1n) is 9.62. The average molecular weight is 386 g/mol. The number of aromatic carboxylic acids is 1. The lowest BCUT2D eigenvalue weighted by Crippen LogP contribution is -2.37. The molecule has 5 atom stereocenters. The number of carbonyl (C=O) groups is 1. The van der Waals surface area contributed by atoms with E-state index in [2.05, 4.69) is 5.32 Å².